The van der Waals surface area contributed by atoms with Crippen LogP contribution in [-0.2, 0) is 13.1 Å². The van der Waals surface area contributed by atoms with E-state index in [0.29, 0.717) is 17.3 Å². The standard InChI is InChI=1S/C15H20ClN3O/c1-4-19-13(7-8-18-19)10-17-12-5-6-15(14(16)9-12)20-11(2)3/h5-9,11,17H,4,10H2,1-3H3. The van der Waals surface area contributed by atoms with E-state index >= 15 is 0 Å². The quantitative estimate of drug-likeness (QED) is 0.876. The summed E-state index contributed by atoms with van der Waals surface area (Å²) < 4.78 is 7.58. The second-order valence-electron chi connectivity index (χ2n) is 4.80. The summed E-state index contributed by atoms with van der Waals surface area (Å²) in [7, 11) is 0. The largest absolute Gasteiger partial charge is 0.489 e. The number of ether oxygens (including phenoxy) is 1. The predicted octanol–water partition coefficient (Wildman–Crippen LogP) is 3.96. The van der Waals surface area contributed by atoms with Gasteiger partial charge in [-0.05, 0) is 45.0 Å². The second kappa shape index (κ2) is 6.66. The number of halogens is 1. The van der Waals surface area contributed by atoms with Crippen LogP contribution in [0.3, 0.4) is 0 Å². The summed E-state index contributed by atoms with van der Waals surface area (Å²) in [6.07, 6.45) is 1.93. The molecule has 108 valence electrons. The molecule has 0 atom stereocenters. The van der Waals surface area contributed by atoms with Gasteiger partial charge in [0.2, 0.25) is 0 Å². The summed E-state index contributed by atoms with van der Waals surface area (Å²) in [6, 6.07) is 7.75. The monoisotopic (exact) mass is 293 g/mol. The van der Waals surface area contributed by atoms with Crippen LogP contribution in [0.4, 0.5) is 5.69 Å². The minimum Gasteiger partial charge on any atom is -0.489 e. The van der Waals surface area contributed by atoms with Crippen molar-refractivity contribution in [3.63, 3.8) is 0 Å². The Hall–Kier alpha value is -1.68. The van der Waals surface area contributed by atoms with E-state index in [1.54, 1.807) is 0 Å². The molecule has 0 aliphatic heterocycles. The van der Waals surface area contributed by atoms with Gasteiger partial charge >= 0.3 is 0 Å². The van der Waals surface area contributed by atoms with Crippen molar-refractivity contribution in [2.45, 2.75) is 40.0 Å². The highest BCUT2D eigenvalue weighted by molar-refractivity contribution is 6.32. The van der Waals surface area contributed by atoms with Gasteiger partial charge in [0.25, 0.3) is 0 Å². The molecule has 1 N–H and O–H groups in total. The summed E-state index contributed by atoms with van der Waals surface area (Å²) in [4.78, 5) is 0. The number of aryl methyl sites for hydroxylation is 1. The highest BCUT2D eigenvalue weighted by Gasteiger charge is 2.06. The Morgan fingerprint density at radius 1 is 1.35 bits per heavy atom. The van der Waals surface area contributed by atoms with Crippen molar-refractivity contribution in [1.29, 1.82) is 0 Å². The number of nitrogens with zero attached hydrogens (tertiary/aromatic N) is 2. The molecule has 0 saturated carbocycles. The third-order valence-corrected chi connectivity index (χ3v) is 3.17. The number of hydrogen-bond donors (Lipinski definition) is 1. The normalized spacial score (nSPS) is 10.8. The lowest BCUT2D eigenvalue weighted by Gasteiger charge is -2.13. The molecule has 0 amide bonds. The topological polar surface area (TPSA) is 39.1 Å². The fraction of sp³-hybridized carbons (Fsp3) is 0.400. The average molecular weight is 294 g/mol. The van der Waals surface area contributed by atoms with Gasteiger partial charge in [0.15, 0.2) is 0 Å². The van der Waals surface area contributed by atoms with Gasteiger partial charge in [-0.3, -0.25) is 4.68 Å². The number of rotatable bonds is 6. The first-order valence-corrected chi connectivity index (χ1v) is 7.18. The third-order valence-electron chi connectivity index (χ3n) is 2.87. The maximum absolute atomic E-state index is 6.21. The van der Waals surface area contributed by atoms with Gasteiger partial charge in [0.1, 0.15) is 5.75 Å². The van der Waals surface area contributed by atoms with Gasteiger partial charge in [-0.15, -0.1) is 0 Å². The molecule has 1 heterocycles. The minimum absolute atomic E-state index is 0.116. The van der Waals surface area contributed by atoms with Crippen LogP contribution in [0.1, 0.15) is 26.5 Å². The maximum atomic E-state index is 6.21. The van der Waals surface area contributed by atoms with Crippen LogP contribution < -0.4 is 10.1 Å². The van der Waals surface area contributed by atoms with E-state index in [9.17, 15) is 0 Å². The summed E-state index contributed by atoms with van der Waals surface area (Å²) in [5, 5.41) is 8.20. The number of benzene rings is 1. The van der Waals surface area contributed by atoms with Crippen molar-refractivity contribution >= 4 is 17.3 Å². The Kier molecular flexibility index (Phi) is 4.90. The Morgan fingerprint density at radius 2 is 2.15 bits per heavy atom. The first kappa shape index (κ1) is 14.7. The van der Waals surface area contributed by atoms with Crippen LogP contribution in [0.25, 0.3) is 0 Å². The molecule has 1 aromatic heterocycles. The lowest BCUT2D eigenvalue weighted by atomic mass is 10.3. The van der Waals surface area contributed by atoms with Gasteiger partial charge in [0.05, 0.1) is 23.4 Å². The van der Waals surface area contributed by atoms with E-state index in [2.05, 4.69) is 17.3 Å². The molecule has 0 aliphatic rings. The molecule has 0 spiro atoms. The van der Waals surface area contributed by atoms with Gasteiger partial charge in [-0.25, -0.2) is 0 Å². The van der Waals surface area contributed by atoms with E-state index in [0.717, 1.165) is 17.9 Å². The fourth-order valence-electron chi connectivity index (χ4n) is 1.95. The van der Waals surface area contributed by atoms with E-state index in [1.807, 2.05) is 49.0 Å². The van der Waals surface area contributed by atoms with E-state index in [-0.39, 0.29) is 6.10 Å². The molecule has 2 rings (SSSR count). The highest BCUT2D eigenvalue weighted by atomic mass is 35.5. The molecule has 4 nitrogen and oxygen atoms in total. The van der Waals surface area contributed by atoms with Crippen LogP contribution in [0.2, 0.25) is 5.02 Å². The summed E-state index contributed by atoms with van der Waals surface area (Å²) in [5.74, 6) is 0.714. The molecule has 0 fully saturated rings. The average Bonchev–Trinajstić information content (AvgIpc) is 2.86. The minimum atomic E-state index is 0.116. The van der Waals surface area contributed by atoms with Crippen LogP contribution >= 0.6 is 11.6 Å². The van der Waals surface area contributed by atoms with E-state index < -0.39 is 0 Å². The summed E-state index contributed by atoms with van der Waals surface area (Å²) in [5.41, 5.74) is 2.11. The van der Waals surface area contributed by atoms with Crippen molar-refractivity contribution in [3.8, 4) is 5.75 Å². The molecular formula is C15H20ClN3O. The summed E-state index contributed by atoms with van der Waals surface area (Å²) in [6.45, 7) is 7.62. The van der Waals surface area contributed by atoms with E-state index in [4.69, 9.17) is 16.3 Å². The molecule has 1 aromatic carbocycles. The summed E-state index contributed by atoms with van der Waals surface area (Å²) >= 11 is 6.21. The highest BCUT2D eigenvalue weighted by Crippen LogP contribution is 2.28. The van der Waals surface area contributed by atoms with Crippen LogP contribution in [0.5, 0.6) is 5.75 Å². The van der Waals surface area contributed by atoms with Crippen LogP contribution in [0, 0.1) is 0 Å². The zero-order valence-corrected chi connectivity index (χ0v) is 12.8. The van der Waals surface area contributed by atoms with Crippen LogP contribution in [-0.4, -0.2) is 15.9 Å². The molecule has 0 unspecified atom stereocenters. The molecule has 0 aliphatic carbocycles. The molecule has 0 radical (unpaired) electrons. The molecule has 2 aromatic rings. The van der Waals surface area contributed by atoms with Gasteiger partial charge in [-0.2, -0.15) is 5.10 Å². The first-order valence-electron chi connectivity index (χ1n) is 6.81. The number of nitrogens with one attached hydrogen (secondary N) is 1. The maximum Gasteiger partial charge on any atom is 0.138 e. The SMILES string of the molecule is CCn1nccc1CNc1ccc(OC(C)C)c(Cl)c1. The molecule has 0 saturated heterocycles. The Labute approximate surface area is 124 Å². The Morgan fingerprint density at radius 3 is 2.80 bits per heavy atom. The van der Waals surface area contributed by atoms with Crippen molar-refractivity contribution in [3.05, 3.63) is 41.2 Å². The fourth-order valence-corrected chi connectivity index (χ4v) is 2.17. The van der Waals surface area contributed by atoms with Gasteiger partial charge in [0, 0.05) is 18.4 Å². The molecule has 5 heteroatoms. The third kappa shape index (κ3) is 3.67. The van der Waals surface area contributed by atoms with Gasteiger partial charge in [-0.1, -0.05) is 11.6 Å². The number of hydrogen-bond acceptors (Lipinski definition) is 3. The molecule has 0 bridgehead atoms. The number of aromatic nitrogens is 2. The smallest absolute Gasteiger partial charge is 0.138 e. The zero-order chi connectivity index (χ0) is 14.5. The van der Waals surface area contributed by atoms with Crippen molar-refractivity contribution in [2.75, 3.05) is 5.32 Å². The molecular weight excluding hydrogens is 274 g/mol. The second-order valence-corrected chi connectivity index (χ2v) is 5.21. The Balaban J connectivity index is 2.02. The zero-order valence-electron chi connectivity index (χ0n) is 12.1. The van der Waals surface area contributed by atoms with Crippen LogP contribution in [0.15, 0.2) is 30.5 Å². The van der Waals surface area contributed by atoms with Gasteiger partial charge < -0.3 is 10.1 Å². The lowest BCUT2D eigenvalue weighted by molar-refractivity contribution is 0.242. The lowest BCUT2D eigenvalue weighted by Crippen LogP contribution is -2.08. The predicted molar refractivity (Wildman–Crippen MR) is 82.4 cm³/mol. The molecule has 20 heavy (non-hydrogen) atoms. The van der Waals surface area contributed by atoms with Crippen molar-refractivity contribution in [2.24, 2.45) is 0 Å². The van der Waals surface area contributed by atoms with Crippen molar-refractivity contribution in [1.82, 2.24) is 9.78 Å². The first-order chi connectivity index (χ1) is 9.60. The van der Waals surface area contributed by atoms with Crippen molar-refractivity contribution < 1.29 is 4.74 Å². The Bertz CT molecular complexity index is 566. The van der Waals surface area contributed by atoms with E-state index in [1.165, 1.54) is 0 Å². The number of anilines is 1.